The Bertz CT molecular complexity index is 355. The van der Waals surface area contributed by atoms with Crippen LogP contribution in [0.2, 0.25) is 0 Å². The van der Waals surface area contributed by atoms with E-state index in [1.807, 2.05) is 0 Å². The zero-order valence-corrected chi connectivity index (χ0v) is 8.23. The van der Waals surface area contributed by atoms with Crippen molar-refractivity contribution in [2.45, 2.75) is 11.3 Å². The maximum Gasteiger partial charge on any atom is 0.484 e. The van der Waals surface area contributed by atoms with Gasteiger partial charge in [-0.25, -0.2) is 4.98 Å². The van der Waals surface area contributed by atoms with Crippen molar-refractivity contribution in [3.8, 4) is 0 Å². The second-order valence-electron chi connectivity index (χ2n) is 2.84. The molecule has 0 aliphatic rings. The molecule has 0 aliphatic carbocycles. The number of halogens is 3. The highest BCUT2D eigenvalue weighted by atomic mass is 32.2. The minimum Gasteiger partial charge on any atom is -0.449 e. The fourth-order valence-electron chi connectivity index (χ4n) is 0.969. The molecule has 0 amide bonds. The first-order chi connectivity index (χ1) is 6.38. The van der Waals surface area contributed by atoms with Crippen LogP contribution in [0.5, 0.6) is 0 Å². The van der Waals surface area contributed by atoms with Crippen LogP contribution >= 0.6 is 0 Å². The molecule has 1 rings (SSSR count). The largest absolute Gasteiger partial charge is 0.484 e. The van der Waals surface area contributed by atoms with Gasteiger partial charge in [-0.15, -0.1) is 0 Å². The second-order valence-corrected chi connectivity index (χ2v) is 4.16. The normalized spacial score (nSPS) is 14.0. The molecule has 1 heterocycles. The molecule has 0 fully saturated rings. The van der Waals surface area contributed by atoms with E-state index >= 15 is 0 Å². The Hall–Kier alpha value is -0.845. The molecule has 14 heavy (non-hydrogen) atoms. The summed E-state index contributed by atoms with van der Waals surface area (Å²) in [5.41, 5.74) is -0.0785. The van der Waals surface area contributed by atoms with Crippen molar-refractivity contribution in [1.82, 2.24) is 4.98 Å². The molecular weight excluding hydrogens is 214 g/mol. The van der Waals surface area contributed by atoms with E-state index in [2.05, 4.69) is 4.98 Å². The van der Waals surface area contributed by atoms with Gasteiger partial charge in [-0.1, -0.05) is 6.07 Å². The van der Waals surface area contributed by atoms with E-state index in [9.17, 15) is 17.2 Å². The molecule has 0 bridgehead atoms. The van der Waals surface area contributed by atoms with Crippen LogP contribution < -0.4 is 0 Å². The van der Waals surface area contributed by atoms with E-state index in [4.69, 9.17) is 0 Å². The maximum atomic E-state index is 12.0. The Morgan fingerprint density at radius 2 is 2.07 bits per heavy atom. The molecule has 1 unspecified atom stereocenters. The third-order valence-corrected chi connectivity index (χ3v) is 2.33. The molecule has 78 valence electrons. The van der Waals surface area contributed by atoms with Crippen molar-refractivity contribution in [2.24, 2.45) is 0 Å². The van der Waals surface area contributed by atoms with Crippen LogP contribution in [0.25, 0.3) is 0 Å². The Morgan fingerprint density at radius 1 is 1.43 bits per heavy atom. The summed E-state index contributed by atoms with van der Waals surface area (Å²) in [7, 11) is -1.34. The first-order valence-corrected chi connectivity index (χ1v) is 5.44. The monoisotopic (exact) mass is 222 g/mol. The Balaban J connectivity index is 2.89. The van der Waals surface area contributed by atoms with Crippen molar-refractivity contribution in [3.63, 3.8) is 0 Å². The Labute approximate surface area is 82.1 Å². The number of rotatable bonds is 3. The maximum absolute atomic E-state index is 12.0. The van der Waals surface area contributed by atoms with E-state index in [1.54, 1.807) is 0 Å². The summed E-state index contributed by atoms with van der Waals surface area (Å²) in [6.07, 6.45) is 0.357. The topological polar surface area (TPSA) is 30.0 Å². The van der Waals surface area contributed by atoms with Gasteiger partial charge in [0.25, 0.3) is 0 Å². The minimum atomic E-state index is -4.88. The average Bonchev–Trinajstić information content (AvgIpc) is 2.01. The SMILES string of the molecule is CS(=O)c1cccc(C[B-](F)(F)F)n1. The first-order valence-electron chi connectivity index (χ1n) is 3.89. The molecule has 7 heteroatoms. The summed E-state index contributed by atoms with van der Waals surface area (Å²) in [4.78, 5) is 3.65. The predicted octanol–water partition coefficient (Wildman–Crippen LogP) is 1.75. The van der Waals surface area contributed by atoms with Gasteiger partial charge in [-0.2, -0.15) is 0 Å². The molecule has 0 aromatic carbocycles. The quantitative estimate of drug-likeness (QED) is 0.729. The third-order valence-electron chi connectivity index (χ3n) is 1.52. The molecule has 1 aromatic rings. The van der Waals surface area contributed by atoms with Crippen molar-refractivity contribution in [1.29, 1.82) is 0 Å². The van der Waals surface area contributed by atoms with E-state index in [1.165, 1.54) is 24.5 Å². The fourth-order valence-corrected chi connectivity index (χ4v) is 1.48. The van der Waals surface area contributed by atoms with Crippen molar-refractivity contribution < 1.29 is 17.2 Å². The fraction of sp³-hybridized carbons (Fsp3) is 0.286. The summed E-state index contributed by atoms with van der Waals surface area (Å²) in [5, 5.41) is 0.183. The molecule has 1 aromatic heterocycles. The van der Waals surface area contributed by atoms with Crippen molar-refractivity contribution >= 4 is 17.8 Å². The highest BCUT2D eigenvalue weighted by Crippen LogP contribution is 2.15. The standard InChI is InChI=1S/C7H8BF3NOS/c1-14(13)7-4-2-3-6(12-7)5-8(9,10)11/h2-4H,5H2,1H3/q-1. The molecule has 1 atom stereocenters. The molecule has 0 N–H and O–H groups in total. The summed E-state index contributed by atoms with van der Waals surface area (Å²) >= 11 is 0. The Morgan fingerprint density at radius 3 is 2.57 bits per heavy atom. The van der Waals surface area contributed by atoms with Crippen molar-refractivity contribution in [2.75, 3.05) is 6.26 Å². The number of hydrogen-bond acceptors (Lipinski definition) is 2. The van der Waals surface area contributed by atoms with Crippen LogP contribution in [-0.4, -0.2) is 22.4 Å². The second kappa shape index (κ2) is 4.12. The molecule has 0 saturated carbocycles. The van der Waals surface area contributed by atoms with E-state index in [-0.39, 0.29) is 10.7 Å². The average molecular weight is 222 g/mol. The third kappa shape index (κ3) is 3.49. The number of pyridine rings is 1. The Kier molecular flexibility index (Phi) is 3.31. The lowest BCUT2D eigenvalue weighted by Crippen LogP contribution is -2.20. The number of aromatic nitrogens is 1. The molecule has 0 radical (unpaired) electrons. The van der Waals surface area contributed by atoms with Crippen molar-refractivity contribution in [3.05, 3.63) is 23.9 Å². The number of nitrogens with zero attached hydrogens (tertiary/aromatic N) is 1. The van der Waals surface area contributed by atoms with Crippen LogP contribution in [-0.2, 0) is 17.1 Å². The summed E-state index contributed by atoms with van der Waals surface area (Å²) in [6, 6.07) is 4.16. The number of hydrogen-bond donors (Lipinski definition) is 0. The molecule has 0 spiro atoms. The first kappa shape index (κ1) is 11.2. The van der Waals surface area contributed by atoms with Crippen LogP contribution in [0, 0.1) is 0 Å². The van der Waals surface area contributed by atoms with Gasteiger partial charge in [0.2, 0.25) is 0 Å². The predicted molar refractivity (Wildman–Crippen MR) is 49.4 cm³/mol. The van der Waals surface area contributed by atoms with Gasteiger partial charge in [0.1, 0.15) is 5.03 Å². The minimum absolute atomic E-state index is 0.0785. The van der Waals surface area contributed by atoms with Crippen LogP contribution in [0.15, 0.2) is 23.2 Å². The van der Waals surface area contributed by atoms with E-state index < -0.39 is 24.1 Å². The van der Waals surface area contributed by atoms with Gasteiger partial charge in [-0.3, -0.25) is 4.21 Å². The molecule has 0 saturated heterocycles. The zero-order chi connectivity index (χ0) is 10.8. The summed E-state index contributed by atoms with van der Waals surface area (Å²) < 4.78 is 47.0. The van der Waals surface area contributed by atoms with E-state index in [0.29, 0.717) is 0 Å². The summed E-state index contributed by atoms with van der Waals surface area (Å²) in [5.74, 6) is 0. The van der Waals surface area contributed by atoms with Crippen LogP contribution in [0.3, 0.4) is 0 Å². The lowest BCUT2D eigenvalue weighted by atomic mass is 9.84. The van der Waals surface area contributed by atoms with Gasteiger partial charge >= 0.3 is 6.98 Å². The smallest absolute Gasteiger partial charge is 0.449 e. The van der Waals surface area contributed by atoms with Gasteiger partial charge < -0.3 is 12.9 Å². The lowest BCUT2D eigenvalue weighted by Gasteiger charge is -2.12. The van der Waals surface area contributed by atoms with Gasteiger partial charge in [0, 0.05) is 11.9 Å². The lowest BCUT2D eigenvalue weighted by molar-refractivity contribution is 0.466. The van der Waals surface area contributed by atoms with Crippen LogP contribution in [0.4, 0.5) is 12.9 Å². The van der Waals surface area contributed by atoms with Gasteiger partial charge in [-0.05, 0) is 18.5 Å². The molecular formula is C7H8BF3NOS-. The molecule has 0 aliphatic heterocycles. The highest BCUT2D eigenvalue weighted by molar-refractivity contribution is 7.84. The zero-order valence-electron chi connectivity index (χ0n) is 7.41. The molecule has 2 nitrogen and oxygen atoms in total. The van der Waals surface area contributed by atoms with Gasteiger partial charge in [0.05, 0.1) is 10.8 Å². The summed E-state index contributed by atoms with van der Waals surface area (Å²) in [6.45, 7) is -4.88. The van der Waals surface area contributed by atoms with Gasteiger partial charge in [0.15, 0.2) is 0 Å². The van der Waals surface area contributed by atoms with E-state index in [0.717, 1.165) is 0 Å². The highest BCUT2D eigenvalue weighted by Gasteiger charge is 2.24. The van der Waals surface area contributed by atoms with Crippen LogP contribution in [0.1, 0.15) is 5.69 Å².